The number of rotatable bonds is 9. The summed E-state index contributed by atoms with van der Waals surface area (Å²) in [6.45, 7) is 1.09. The van der Waals surface area contributed by atoms with Crippen molar-refractivity contribution in [2.75, 3.05) is 13.4 Å². The number of nitrogens with zero attached hydrogens (tertiary/aromatic N) is 2. The van der Waals surface area contributed by atoms with E-state index in [1.807, 2.05) is 54.6 Å². The third kappa shape index (κ3) is 5.14. The summed E-state index contributed by atoms with van der Waals surface area (Å²) in [4.78, 5) is 9.01. The molecule has 8 nitrogen and oxygen atoms in total. The van der Waals surface area contributed by atoms with Crippen LogP contribution < -0.4 is 19.5 Å². The van der Waals surface area contributed by atoms with Crippen LogP contribution in [0.3, 0.4) is 0 Å². The smallest absolute Gasteiger partial charge is 0.231 e. The molecule has 0 saturated heterocycles. The number of aromatic nitrogens is 2. The molecule has 1 aliphatic heterocycles. The van der Waals surface area contributed by atoms with Crippen molar-refractivity contribution in [2.24, 2.45) is 11.8 Å². The Morgan fingerprint density at radius 3 is 2.74 bits per heavy atom. The Kier molecular flexibility index (Phi) is 6.89. The summed E-state index contributed by atoms with van der Waals surface area (Å²) in [7, 11) is 0. The van der Waals surface area contributed by atoms with Crippen molar-refractivity contribution < 1.29 is 24.4 Å². The van der Waals surface area contributed by atoms with Gasteiger partial charge in [-0.25, -0.2) is 9.97 Å². The van der Waals surface area contributed by atoms with Crippen LogP contribution in [0.25, 0.3) is 0 Å². The second kappa shape index (κ2) is 10.4. The lowest BCUT2D eigenvalue weighted by atomic mass is 9.88. The first-order chi connectivity index (χ1) is 16.7. The Bertz CT molecular complexity index is 1100. The summed E-state index contributed by atoms with van der Waals surface area (Å²) >= 11 is 0. The average Bonchev–Trinajstić information content (AvgIpc) is 3.45. The first kappa shape index (κ1) is 22.6. The summed E-state index contributed by atoms with van der Waals surface area (Å²) in [6, 6.07) is 17.4. The third-order valence-corrected chi connectivity index (χ3v) is 6.59. The van der Waals surface area contributed by atoms with Gasteiger partial charge in [0.25, 0.3) is 0 Å². The van der Waals surface area contributed by atoms with Crippen LogP contribution in [-0.4, -0.2) is 45.7 Å². The van der Waals surface area contributed by atoms with Crippen molar-refractivity contribution in [3.63, 3.8) is 0 Å². The highest BCUT2D eigenvalue weighted by Crippen LogP contribution is 2.36. The molecule has 0 radical (unpaired) electrons. The highest BCUT2D eigenvalue weighted by Gasteiger charge is 2.42. The average molecular weight is 464 g/mol. The van der Waals surface area contributed by atoms with Crippen molar-refractivity contribution >= 4 is 0 Å². The van der Waals surface area contributed by atoms with E-state index in [1.54, 1.807) is 6.20 Å². The molecule has 178 valence electrons. The second-order valence-corrected chi connectivity index (χ2v) is 8.76. The molecule has 1 fully saturated rings. The van der Waals surface area contributed by atoms with Crippen LogP contribution in [0, 0.1) is 11.8 Å². The normalized spacial score (nSPS) is 23.2. The number of aliphatic hydroxyl groups excluding tert-OH is 2. The van der Waals surface area contributed by atoms with Crippen LogP contribution in [0.15, 0.2) is 60.8 Å². The monoisotopic (exact) mass is 463 g/mol. The fourth-order valence-corrected chi connectivity index (χ4v) is 4.81. The maximum absolute atomic E-state index is 10.6. The molecule has 1 aromatic heterocycles. The molecule has 1 aliphatic carbocycles. The number of aliphatic hydroxyl groups is 2. The van der Waals surface area contributed by atoms with Crippen LogP contribution >= 0.6 is 0 Å². The van der Waals surface area contributed by atoms with Crippen molar-refractivity contribution in [1.29, 1.82) is 0 Å². The molecular formula is C26H29N3O5. The van der Waals surface area contributed by atoms with E-state index in [1.165, 1.54) is 0 Å². The summed E-state index contributed by atoms with van der Waals surface area (Å²) < 4.78 is 16.6. The molecule has 4 unspecified atom stereocenters. The van der Waals surface area contributed by atoms with Gasteiger partial charge in [0.05, 0.1) is 6.10 Å². The predicted octanol–water partition coefficient (Wildman–Crippen LogP) is 2.47. The minimum atomic E-state index is -0.563. The van der Waals surface area contributed by atoms with Gasteiger partial charge in [-0.15, -0.1) is 0 Å². The number of hydrogen-bond acceptors (Lipinski definition) is 8. The Hall–Kier alpha value is -3.20. The standard InChI is InChI=1S/C26H29N3O5/c30-14-21-20(11-18-8-9-27-26(29-18)15-32-19-4-2-1-3-5-19)22(12-23(21)31)28-13-17-6-7-24-25(10-17)34-16-33-24/h1-10,20-23,28,30-31H,11-16H2. The number of nitrogens with one attached hydrogen (secondary N) is 1. The molecule has 34 heavy (non-hydrogen) atoms. The topological polar surface area (TPSA) is 106 Å². The fourth-order valence-electron chi connectivity index (χ4n) is 4.81. The molecule has 5 rings (SSSR count). The summed E-state index contributed by atoms with van der Waals surface area (Å²) in [5.41, 5.74) is 1.95. The lowest BCUT2D eigenvalue weighted by Gasteiger charge is -2.25. The molecule has 0 amide bonds. The molecule has 1 saturated carbocycles. The van der Waals surface area contributed by atoms with E-state index in [4.69, 9.17) is 14.2 Å². The maximum atomic E-state index is 10.6. The Morgan fingerprint density at radius 1 is 1.03 bits per heavy atom. The fraction of sp³-hybridized carbons (Fsp3) is 0.385. The number of para-hydroxylation sites is 1. The van der Waals surface area contributed by atoms with Gasteiger partial charge in [-0.3, -0.25) is 0 Å². The highest BCUT2D eigenvalue weighted by atomic mass is 16.7. The molecule has 4 atom stereocenters. The van der Waals surface area contributed by atoms with Crippen LogP contribution in [0.5, 0.6) is 17.2 Å². The molecule has 0 bridgehead atoms. The number of hydrogen-bond donors (Lipinski definition) is 3. The summed E-state index contributed by atoms with van der Waals surface area (Å²) in [6.07, 6.45) is 2.38. The maximum Gasteiger partial charge on any atom is 0.231 e. The van der Waals surface area contributed by atoms with Gasteiger partial charge in [-0.05, 0) is 54.7 Å². The van der Waals surface area contributed by atoms with Gasteiger partial charge >= 0.3 is 0 Å². The van der Waals surface area contributed by atoms with Crippen LogP contribution in [-0.2, 0) is 19.6 Å². The molecule has 2 aliphatic rings. The van der Waals surface area contributed by atoms with Crippen LogP contribution in [0.4, 0.5) is 0 Å². The molecule has 3 aromatic rings. The molecule has 0 spiro atoms. The predicted molar refractivity (Wildman–Crippen MR) is 124 cm³/mol. The summed E-state index contributed by atoms with van der Waals surface area (Å²) in [5, 5.41) is 24.2. The van der Waals surface area contributed by atoms with E-state index >= 15 is 0 Å². The quantitative estimate of drug-likeness (QED) is 0.445. The van der Waals surface area contributed by atoms with Crippen molar-refractivity contribution in [1.82, 2.24) is 15.3 Å². The van der Waals surface area contributed by atoms with E-state index in [2.05, 4.69) is 15.3 Å². The first-order valence-corrected chi connectivity index (χ1v) is 11.6. The van der Waals surface area contributed by atoms with Gasteiger partial charge in [-0.2, -0.15) is 0 Å². The SMILES string of the molecule is OCC1C(O)CC(NCc2ccc3c(c2)OCO3)C1Cc1ccnc(COc2ccccc2)n1. The van der Waals surface area contributed by atoms with Crippen molar-refractivity contribution in [3.05, 3.63) is 77.9 Å². The number of benzene rings is 2. The lowest BCUT2D eigenvalue weighted by Crippen LogP contribution is -2.36. The van der Waals surface area contributed by atoms with Gasteiger partial charge in [0, 0.05) is 37.0 Å². The molecular weight excluding hydrogens is 434 g/mol. The van der Waals surface area contributed by atoms with E-state index in [-0.39, 0.29) is 37.9 Å². The first-order valence-electron chi connectivity index (χ1n) is 11.6. The minimum absolute atomic E-state index is 0.0341. The minimum Gasteiger partial charge on any atom is -0.486 e. The lowest BCUT2D eigenvalue weighted by molar-refractivity contribution is 0.0715. The van der Waals surface area contributed by atoms with Crippen molar-refractivity contribution in [2.45, 2.75) is 38.1 Å². The van der Waals surface area contributed by atoms with E-state index in [0.29, 0.717) is 25.2 Å². The molecule has 2 aromatic carbocycles. The Labute approximate surface area is 198 Å². The van der Waals surface area contributed by atoms with E-state index < -0.39 is 6.10 Å². The van der Waals surface area contributed by atoms with Gasteiger partial charge in [-0.1, -0.05) is 24.3 Å². The third-order valence-electron chi connectivity index (χ3n) is 6.59. The van der Waals surface area contributed by atoms with Crippen LogP contribution in [0.1, 0.15) is 23.5 Å². The molecule has 2 heterocycles. The van der Waals surface area contributed by atoms with Gasteiger partial charge in [0.15, 0.2) is 17.3 Å². The zero-order chi connectivity index (χ0) is 23.3. The Morgan fingerprint density at radius 2 is 1.88 bits per heavy atom. The van der Waals surface area contributed by atoms with Gasteiger partial charge < -0.3 is 29.7 Å². The van der Waals surface area contributed by atoms with Gasteiger partial charge in [0.1, 0.15) is 12.4 Å². The zero-order valence-electron chi connectivity index (χ0n) is 18.8. The largest absolute Gasteiger partial charge is 0.486 e. The van der Waals surface area contributed by atoms with Gasteiger partial charge in [0.2, 0.25) is 6.79 Å². The molecule has 8 heteroatoms. The summed E-state index contributed by atoms with van der Waals surface area (Å²) in [5.74, 6) is 2.70. The van der Waals surface area contributed by atoms with Crippen LogP contribution in [0.2, 0.25) is 0 Å². The highest BCUT2D eigenvalue weighted by molar-refractivity contribution is 5.44. The number of fused-ring (bicyclic) bond motifs is 1. The van der Waals surface area contributed by atoms with E-state index in [9.17, 15) is 10.2 Å². The second-order valence-electron chi connectivity index (χ2n) is 8.76. The number of ether oxygens (including phenoxy) is 3. The molecule has 3 N–H and O–H groups in total. The van der Waals surface area contributed by atoms with E-state index in [0.717, 1.165) is 28.5 Å². The van der Waals surface area contributed by atoms with Crippen molar-refractivity contribution in [3.8, 4) is 17.2 Å². The zero-order valence-corrected chi connectivity index (χ0v) is 18.8. The Balaban J connectivity index is 1.24.